The normalized spacial score (nSPS) is 11.1. The summed E-state index contributed by atoms with van der Waals surface area (Å²) >= 11 is 0.778. The van der Waals surface area contributed by atoms with Crippen LogP contribution in [0.5, 0.6) is 0 Å². The Balaban J connectivity index is 0.00000166. The van der Waals surface area contributed by atoms with E-state index >= 15 is 0 Å². The van der Waals surface area contributed by atoms with Gasteiger partial charge in [-0.2, -0.15) is 13.2 Å². The summed E-state index contributed by atoms with van der Waals surface area (Å²) in [5.41, 5.74) is 1.94. The number of nitrogens with one attached hydrogen (secondary N) is 1. The molecule has 7 nitrogen and oxygen atoms in total. The van der Waals surface area contributed by atoms with E-state index in [0.29, 0.717) is 12.4 Å². The first-order valence-electron chi connectivity index (χ1n) is 8.88. The lowest BCUT2D eigenvalue weighted by molar-refractivity contribution is -0.140. The zero-order valence-electron chi connectivity index (χ0n) is 16.4. The van der Waals surface area contributed by atoms with Crippen LogP contribution in [0.2, 0.25) is 0 Å². The van der Waals surface area contributed by atoms with E-state index in [-0.39, 0.29) is 39.8 Å². The lowest BCUT2D eigenvalue weighted by Gasteiger charge is -2.11. The Morgan fingerprint density at radius 3 is 2.58 bits per heavy atom. The SMILES string of the molecule is CCNC(=O)c1c(C=O)sc2nc(Cc3cccc(C(F)(F)F)c3F)cc(=O)n12.CN. The summed E-state index contributed by atoms with van der Waals surface area (Å²) in [6.45, 7) is 1.93. The number of aromatic nitrogens is 2. The molecule has 3 aromatic rings. The Kier molecular flexibility index (Phi) is 7.63. The average molecular weight is 458 g/mol. The number of alkyl halides is 3. The van der Waals surface area contributed by atoms with Gasteiger partial charge in [0.15, 0.2) is 11.2 Å². The van der Waals surface area contributed by atoms with Crippen LogP contribution in [0.3, 0.4) is 0 Å². The standard InChI is InChI=1S/C18H13F4N3O3S.CH5N/c1-2-23-16(28)15-12(8-26)29-17-24-10(7-13(27)25(15)17)6-9-4-3-5-11(14(9)19)18(20,21)22;1-2/h3-5,7-8H,2,6H2,1H3,(H,23,28);2H2,1H3. The zero-order chi connectivity index (χ0) is 23.3. The van der Waals surface area contributed by atoms with Crippen LogP contribution in [-0.2, 0) is 12.6 Å². The lowest BCUT2D eigenvalue weighted by atomic mass is 10.0. The van der Waals surface area contributed by atoms with Crippen LogP contribution in [0.25, 0.3) is 4.96 Å². The lowest BCUT2D eigenvalue weighted by Crippen LogP contribution is -2.28. The number of amides is 1. The molecule has 0 bridgehead atoms. The molecule has 0 atom stereocenters. The number of benzene rings is 1. The van der Waals surface area contributed by atoms with Gasteiger partial charge >= 0.3 is 6.18 Å². The predicted molar refractivity (Wildman–Crippen MR) is 107 cm³/mol. The van der Waals surface area contributed by atoms with Crippen LogP contribution in [0.1, 0.15) is 43.9 Å². The number of aldehydes is 1. The summed E-state index contributed by atoms with van der Waals surface area (Å²) in [6.07, 6.45) is -4.81. The van der Waals surface area contributed by atoms with Crippen LogP contribution in [0, 0.1) is 5.82 Å². The van der Waals surface area contributed by atoms with E-state index in [1.54, 1.807) is 6.92 Å². The molecule has 12 heteroatoms. The van der Waals surface area contributed by atoms with Crippen molar-refractivity contribution in [1.82, 2.24) is 14.7 Å². The summed E-state index contributed by atoms with van der Waals surface area (Å²) in [5, 5.41) is 2.49. The van der Waals surface area contributed by atoms with Gasteiger partial charge in [0.1, 0.15) is 16.4 Å². The second-order valence-electron chi connectivity index (χ2n) is 5.95. The summed E-state index contributed by atoms with van der Waals surface area (Å²) in [5.74, 6) is -2.08. The predicted octanol–water partition coefficient (Wildman–Crippen LogP) is 2.64. The van der Waals surface area contributed by atoms with Crippen molar-refractivity contribution in [3.8, 4) is 0 Å². The molecular formula is C19H18F4N4O3S. The first kappa shape index (κ1) is 24.2. The number of thiazole rings is 1. The van der Waals surface area contributed by atoms with Crippen LogP contribution >= 0.6 is 11.3 Å². The van der Waals surface area contributed by atoms with Crippen molar-refractivity contribution in [3.63, 3.8) is 0 Å². The molecule has 0 spiro atoms. The highest BCUT2D eigenvalue weighted by Gasteiger charge is 2.34. The number of fused-ring (bicyclic) bond motifs is 1. The third kappa shape index (κ3) is 4.97. The van der Waals surface area contributed by atoms with Crippen molar-refractivity contribution in [1.29, 1.82) is 0 Å². The largest absolute Gasteiger partial charge is 0.419 e. The molecule has 0 unspecified atom stereocenters. The molecule has 0 aliphatic carbocycles. The molecule has 0 aliphatic rings. The number of halogens is 4. The number of hydrogen-bond acceptors (Lipinski definition) is 6. The minimum Gasteiger partial charge on any atom is -0.351 e. The topological polar surface area (TPSA) is 107 Å². The molecule has 3 rings (SSSR count). The maximum atomic E-state index is 14.3. The Morgan fingerprint density at radius 2 is 2.00 bits per heavy atom. The van der Waals surface area contributed by atoms with Crippen molar-refractivity contribution in [2.75, 3.05) is 13.6 Å². The number of carbonyl (C=O) groups is 2. The molecule has 0 saturated heterocycles. The number of carbonyl (C=O) groups excluding carboxylic acids is 2. The van der Waals surface area contributed by atoms with Gasteiger partial charge in [0.25, 0.3) is 11.5 Å². The first-order valence-corrected chi connectivity index (χ1v) is 9.70. The van der Waals surface area contributed by atoms with E-state index < -0.39 is 29.0 Å². The summed E-state index contributed by atoms with van der Waals surface area (Å²) in [4.78, 5) is 40.1. The highest BCUT2D eigenvalue weighted by Crippen LogP contribution is 2.32. The van der Waals surface area contributed by atoms with Crippen LogP contribution in [-0.4, -0.2) is 35.2 Å². The van der Waals surface area contributed by atoms with Crippen LogP contribution in [0.15, 0.2) is 29.1 Å². The first-order chi connectivity index (χ1) is 14.7. The van der Waals surface area contributed by atoms with Gasteiger partial charge in [-0.05, 0) is 25.6 Å². The van der Waals surface area contributed by atoms with Gasteiger partial charge in [0.2, 0.25) is 0 Å². The average Bonchev–Trinajstić information content (AvgIpc) is 3.09. The van der Waals surface area contributed by atoms with Gasteiger partial charge in [0, 0.05) is 19.0 Å². The van der Waals surface area contributed by atoms with Crippen LogP contribution < -0.4 is 16.6 Å². The molecule has 0 saturated carbocycles. The molecule has 1 aromatic carbocycles. The molecule has 1 amide bonds. The van der Waals surface area contributed by atoms with Gasteiger partial charge in [-0.3, -0.25) is 14.4 Å². The van der Waals surface area contributed by atoms with Gasteiger partial charge in [-0.25, -0.2) is 13.8 Å². The number of nitrogens with zero attached hydrogens (tertiary/aromatic N) is 2. The highest BCUT2D eigenvalue weighted by molar-refractivity contribution is 7.18. The monoisotopic (exact) mass is 458 g/mol. The fourth-order valence-corrected chi connectivity index (χ4v) is 3.76. The minimum absolute atomic E-state index is 0.00300. The second kappa shape index (κ2) is 9.79. The Hall–Kier alpha value is -3.12. The Labute approximate surface area is 177 Å². The van der Waals surface area contributed by atoms with Crippen molar-refractivity contribution < 1.29 is 27.2 Å². The van der Waals surface area contributed by atoms with E-state index in [1.807, 2.05) is 0 Å². The summed E-state index contributed by atoms with van der Waals surface area (Å²) in [6, 6.07) is 3.85. The van der Waals surface area contributed by atoms with Gasteiger partial charge < -0.3 is 11.1 Å². The third-order valence-corrected chi connectivity index (χ3v) is 4.98. The van der Waals surface area contributed by atoms with Gasteiger partial charge in [-0.15, -0.1) is 0 Å². The van der Waals surface area contributed by atoms with E-state index in [0.717, 1.165) is 27.9 Å². The summed E-state index contributed by atoms with van der Waals surface area (Å²) in [7, 11) is 1.50. The smallest absolute Gasteiger partial charge is 0.351 e. The fourth-order valence-electron chi connectivity index (χ4n) is 2.80. The molecule has 3 N–H and O–H groups in total. The Morgan fingerprint density at radius 1 is 1.32 bits per heavy atom. The van der Waals surface area contributed by atoms with E-state index in [9.17, 15) is 31.9 Å². The second-order valence-corrected chi connectivity index (χ2v) is 6.96. The molecule has 2 aromatic heterocycles. The van der Waals surface area contributed by atoms with Gasteiger partial charge in [0.05, 0.1) is 11.3 Å². The Bertz CT molecular complexity index is 1170. The van der Waals surface area contributed by atoms with E-state index in [4.69, 9.17) is 0 Å². The van der Waals surface area contributed by atoms with Gasteiger partial charge in [-0.1, -0.05) is 23.5 Å². The maximum absolute atomic E-state index is 14.3. The fraction of sp³-hybridized carbons (Fsp3) is 0.263. The number of hydrogen-bond donors (Lipinski definition) is 2. The number of rotatable bonds is 5. The van der Waals surface area contributed by atoms with Crippen molar-refractivity contribution in [2.24, 2.45) is 5.73 Å². The van der Waals surface area contributed by atoms with Crippen LogP contribution in [0.4, 0.5) is 17.6 Å². The molecule has 0 radical (unpaired) electrons. The molecule has 2 heterocycles. The van der Waals surface area contributed by atoms with E-state index in [2.05, 4.69) is 16.0 Å². The molecule has 0 aliphatic heterocycles. The maximum Gasteiger partial charge on any atom is 0.419 e. The molecular weight excluding hydrogens is 440 g/mol. The van der Waals surface area contributed by atoms with Crippen molar-refractivity contribution in [3.05, 3.63) is 67.8 Å². The number of nitrogens with two attached hydrogens (primary N) is 1. The molecule has 31 heavy (non-hydrogen) atoms. The van der Waals surface area contributed by atoms with Crippen molar-refractivity contribution >= 4 is 28.5 Å². The molecule has 166 valence electrons. The van der Waals surface area contributed by atoms with Crippen molar-refractivity contribution in [2.45, 2.75) is 19.5 Å². The zero-order valence-corrected chi connectivity index (χ0v) is 17.2. The molecule has 0 fully saturated rings. The quantitative estimate of drug-likeness (QED) is 0.452. The highest BCUT2D eigenvalue weighted by atomic mass is 32.1. The minimum atomic E-state index is -4.86. The summed E-state index contributed by atoms with van der Waals surface area (Å²) < 4.78 is 53.9. The third-order valence-electron chi connectivity index (χ3n) is 4.01. The van der Waals surface area contributed by atoms with E-state index in [1.165, 1.54) is 13.1 Å².